The van der Waals surface area contributed by atoms with E-state index in [1.54, 1.807) is 0 Å². The summed E-state index contributed by atoms with van der Waals surface area (Å²) in [6.45, 7) is 11.0. The van der Waals surface area contributed by atoms with Crippen LogP contribution in [0.15, 0.2) is 18.2 Å². The van der Waals surface area contributed by atoms with Crippen LogP contribution in [0.25, 0.3) is 0 Å². The minimum absolute atomic E-state index is 0.0273. The molecule has 0 saturated heterocycles. The third-order valence-electron chi connectivity index (χ3n) is 4.20. The predicted octanol–water partition coefficient (Wildman–Crippen LogP) is 2.56. The first-order valence-corrected chi connectivity index (χ1v) is 7.49. The number of carbonyl (C=O) groups excluding carboxylic acids is 1. The molecule has 0 saturated carbocycles. The second kappa shape index (κ2) is 7.46. The van der Waals surface area contributed by atoms with E-state index in [-0.39, 0.29) is 17.4 Å². The fourth-order valence-corrected chi connectivity index (χ4v) is 1.88. The summed E-state index contributed by atoms with van der Waals surface area (Å²) < 4.78 is 5.63. The van der Waals surface area contributed by atoms with Crippen LogP contribution in [0.1, 0.15) is 38.3 Å². The van der Waals surface area contributed by atoms with Gasteiger partial charge in [-0.2, -0.15) is 0 Å². The second-order valence-corrected chi connectivity index (χ2v) is 6.17. The monoisotopic (exact) mass is 292 g/mol. The number of amides is 1. The lowest BCUT2D eigenvalue weighted by atomic mass is 9.88. The van der Waals surface area contributed by atoms with Crippen LogP contribution in [0.4, 0.5) is 0 Å². The van der Waals surface area contributed by atoms with Crippen LogP contribution >= 0.6 is 0 Å². The molecule has 4 heteroatoms. The van der Waals surface area contributed by atoms with Gasteiger partial charge in [-0.05, 0) is 49.9 Å². The summed E-state index contributed by atoms with van der Waals surface area (Å²) in [7, 11) is 0. The number of nitrogens with two attached hydrogens (primary N) is 1. The van der Waals surface area contributed by atoms with E-state index >= 15 is 0 Å². The topological polar surface area (TPSA) is 64.3 Å². The second-order valence-electron chi connectivity index (χ2n) is 6.17. The molecule has 0 aliphatic heterocycles. The van der Waals surface area contributed by atoms with Gasteiger partial charge in [0.25, 0.3) is 0 Å². The van der Waals surface area contributed by atoms with Gasteiger partial charge in [-0.1, -0.05) is 19.9 Å². The van der Waals surface area contributed by atoms with E-state index in [9.17, 15) is 4.79 Å². The molecule has 1 amide bonds. The summed E-state index contributed by atoms with van der Waals surface area (Å²) in [4.78, 5) is 12.0. The molecule has 21 heavy (non-hydrogen) atoms. The lowest BCUT2D eigenvalue weighted by Gasteiger charge is -2.33. The van der Waals surface area contributed by atoms with Crippen molar-refractivity contribution in [2.45, 2.75) is 46.6 Å². The highest BCUT2D eigenvalue weighted by atomic mass is 16.5. The summed E-state index contributed by atoms with van der Waals surface area (Å²) in [6.07, 6.45) is 0.329. The molecule has 0 aliphatic carbocycles. The van der Waals surface area contributed by atoms with E-state index in [2.05, 4.69) is 26.1 Å². The molecular formula is C17H28N2O2. The van der Waals surface area contributed by atoms with Crippen molar-refractivity contribution >= 4 is 5.91 Å². The molecule has 118 valence electrons. The van der Waals surface area contributed by atoms with Gasteiger partial charge in [0.05, 0.1) is 18.6 Å². The third-order valence-corrected chi connectivity index (χ3v) is 4.20. The molecule has 1 atom stereocenters. The van der Waals surface area contributed by atoms with Gasteiger partial charge in [-0.15, -0.1) is 0 Å². The Morgan fingerprint density at radius 3 is 2.52 bits per heavy atom. The van der Waals surface area contributed by atoms with E-state index in [0.29, 0.717) is 19.6 Å². The number of ether oxygens (including phenoxy) is 1. The van der Waals surface area contributed by atoms with Crippen molar-refractivity contribution in [1.82, 2.24) is 5.32 Å². The molecule has 0 spiro atoms. The minimum Gasteiger partial charge on any atom is -0.493 e. The number of benzene rings is 1. The van der Waals surface area contributed by atoms with Crippen LogP contribution in [0.3, 0.4) is 0 Å². The molecule has 0 radical (unpaired) electrons. The van der Waals surface area contributed by atoms with Crippen LogP contribution in [0.5, 0.6) is 5.75 Å². The van der Waals surface area contributed by atoms with Crippen molar-refractivity contribution in [2.75, 3.05) is 13.2 Å². The number of rotatable bonds is 7. The van der Waals surface area contributed by atoms with Crippen molar-refractivity contribution in [1.29, 1.82) is 0 Å². The Labute approximate surface area is 128 Å². The Bertz CT molecular complexity index is 486. The largest absolute Gasteiger partial charge is 0.493 e. The van der Waals surface area contributed by atoms with Crippen molar-refractivity contribution in [3.8, 4) is 5.75 Å². The lowest BCUT2D eigenvalue weighted by molar-refractivity contribution is -0.123. The first-order chi connectivity index (χ1) is 9.78. The minimum atomic E-state index is -0.364. The zero-order chi connectivity index (χ0) is 16.0. The molecule has 1 aromatic rings. The molecule has 0 fully saturated rings. The Morgan fingerprint density at radius 2 is 2.00 bits per heavy atom. The van der Waals surface area contributed by atoms with Crippen LogP contribution in [-0.4, -0.2) is 24.6 Å². The normalized spacial score (nSPS) is 13.9. The fraction of sp³-hybridized carbons (Fsp3) is 0.588. The number of hydrogen-bond donors (Lipinski definition) is 2. The summed E-state index contributed by atoms with van der Waals surface area (Å²) in [5, 5.41) is 3.01. The summed E-state index contributed by atoms with van der Waals surface area (Å²) >= 11 is 0. The van der Waals surface area contributed by atoms with Gasteiger partial charge < -0.3 is 15.8 Å². The molecule has 1 aromatic carbocycles. The van der Waals surface area contributed by atoms with Gasteiger partial charge in [-0.3, -0.25) is 4.79 Å². The van der Waals surface area contributed by atoms with Crippen LogP contribution < -0.4 is 15.8 Å². The van der Waals surface area contributed by atoms with Gasteiger partial charge in [0.15, 0.2) is 0 Å². The maximum Gasteiger partial charge on any atom is 0.223 e. The number of nitrogens with one attached hydrogen (secondary N) is 1. The van der Waals surface area contributed by atoms with Crippen molar-refractivity contribution < 1.29 is 9.53 Å². The molecular weight excluding hydrogens is 264 g/mol. The summed E-state index contributed by atoms with van der Waals surface area (Å²) in [6, 6.07) is 5.94. The highest BCUT2D eigenvalue weighted by molar-refractivity contribution is 5.77. The third kappa shape index (κ3) is 5.05. The average Bonchev–Trinajstić information content (AvgIpc) is 2.42. The molecule has 1 rings (SSSR count). The molecule has 4 nitrogen and oxygen atoms in total. The number of aryl methyl sites for hydroxylation is 2. The van der Waals surface area contributed by atoms with Crippen LogP contribution in [-0.2, 0) is 4.79 Å². The van der Waals surface area contributed by atoms with Crippen LogP contribution in [0.2, 0.25) is 0 Å². The smallest absolute Gasteiger partial charge is 0.223 e. The molecule has 0 heterocycles. The molecule has 0 aromatic heterocycles. The van der Waals surface area contributed by atoms with E-state index in [1.165, 1.54) is 11.1 Å². The van der Waals surface area contributed by atoms with Gasteiger partial charge in [-0.25, -0.2) is 0 Å². The molecule has 3 N–H and O–H groups in total. The number of carbonyl (C=O) groups is 1. The van der Waals surface area contributed by atoms with Gasteiger partial charge in [0, 0.05) is 6.54 Å². The first kappa shape index (κ1) is 17.5. The SMILES string of the molecule is Cc1ccc(OCCC(=O)NC(C)(CN)C(C)C)cc1C. The van der Waals surface area contributed by atoms with Gasteiger partial charge in [0.2, 0.25) is 5.91 Å². The maximum atomic E-state index is 12.0. The van der Waals surface area contributed by atoms with E-state index in [1.807, 2.05) is 32.0 Å². The average molecular weight is 292 g/mol. The molecule has 0 aliphatic rings. The molecule has 0 bridgehead atoms. The predicted molar refractivity (Wildman–Crippen MR) is 86.5 cm³/mol. The van der Waals surface area contributed by atoms with Gasteiger partial charge >= 0.3 is 0 Å². The van der Waals surface area contributed by atoms with E-state index in [4.69, 9.17) is 10.5 Å². The van der Waals surface area contributed by atoms with Crippen LogP contribution in [0, 0.1) is 19.8 Å². The Hall–Kier alpha value is -1.55. The van der Waals surface area contributed by atoms with E-state index < -0.39 is 0 Å². The maximum absolute atomic E-state index is 12.0. The molecule has 1 unspecified atom stereocenters. The summed E-state index contributed by atoms with van der Waals surface area (Å²) in [5.41, 5.74) is 7.82. The Morgan fingerprint density at radius 1 is 1.33 bits per heavy atom. The van der Waals surface area contributed by atoms with Crippen molar-refractivity contribution in [2.24, 2.45) is 11.7 Å². The van der Waals surface area contributed by atoms with E-state index in [0.717, 1.165) is 5.75 Å². The highest BCUT2D eigenvalue weighted by Crippen LogP contribution is 2.17. The number of hydrogen-bond acceptors (Lipinski definition) is 3. The lowest BCUT2D eigenvalue weighted by Crippen LogP contribution is -2.55. The highest BCUT2D eigenvalue weighted by Gasteiger charge is 2.28. The zero-order valence-corrected chi connectivity index (χ0v) is 13.8. The fourth-order valence-electron chi connectivity index (χ4n) is 1.88. The zero-order valence-electron chi connectivity index (χ0n) is 13.8. The van der Waals surface area contributed by atoms with Crippen molar-refractivity contribution in [3.05, 3.63) is 29.3 Å². The Balaban J connectivity index is 2.45. The quantitative estimate of drug-likeness (QED) is 0.812. The van der Waals surface area contributed by atoms with Gasteiger partial charge in [0.1, 0.15) is 5.75 Å². The first-order valence-electron chi connectivity index (χ1n) is 7.49. The Kier molecular flexibility index (Phi) is 6.21. The standard InChI is InChI=1S/C17H28N2O2/c1-12(2)17(5,11-18)19-16(20)8-9-21-15-7-6-13(3)14(4)10-15/h6-7,10,12H,8-9,11,18H2,1-5H3,(H,19,20). The van der Waals surface area contributed by atoms with Crippen molar-refractivity contribution in [3.63, 3.8) is 0 Å². The summed E-state index contributed by atoms with van der Waals surface area (Å²) in [5.74, 6) is 1.06.